The van der Waals surface area contributed by atoms with Gasteiger partial charge in [-0.05, 0) is 42.1 Å². The third-order valence-corrected chi connectivity index (χ3v) is 4.94. The Morgan fingerprint density at radius 3 is 2.32 bits per heavy atom. The van der Waals surface area contributed by atoms with Crippen molar-refractivity contribution in [3.05, 3.63) is 47.5 Å². The van der Waals surface area contributed by atoms with Gasteiger partial charge in [0.1, 0.15) is 0 Å². The monoisotopic (exact) mass is 253 g/mol. The average molecular weight is 253 g/mol. The Balaban J connectivity index is 2.08. The number of benzene rings is 2. The molecule has 100 valence electrons. The van der Waals surface area contributed by atoms with E-state index in [9.17, 15) is 0 Å². The van der Waals surface area contributed by atoms with Crippen molar-refractivity contribution in [2.45, 2.75) is 32.6 Å². The van der Waals surface area contributed by atoms with Gasteiger partial charge in [-0.25, -0.2) is 0 Å². The van der Waals surface area contributed by atoms with Crippen molar-refractivity contribution in [3.63, 3.8) is 0 Å². The standard InChI is InChI=1S/C18H23N/c1-13-5-6-15-10-16(8-7-14(15)9-13)18(12-19-4)11-17(18,2)3/h5-10,19H,11-12H2,1-4H3. The molecule has 0 spiro atoms. The number of hydrogen-bond donors (Lipinski definition) is 1. The molecule has 1 fully saturated rings. The molecule has 1 aliphatic rings. The number of fused-ring (bicyclic) bond motifs is 1. The molecular weight excluding hydrogens is 230 g/mol. The molecule has 0 amide bonds. The van der Waals surface area contributed by atoms with E-state index in [1.807, 2.05) is 0 Å². The van der Waals surface area contributed by atoms with Gasteiger partial charge in [0.15, 0.2) is 0 Å². The van der Waals surface area contributed by atoms with Crippen LogP contribution in [0.25, 0.3) is 10.8 Å². The highest BCUT2D eigenvalue weighted by Gasteiger charge is 2.61. The van der Waals surface area contributed by atoms with E-state index in [4.69, 9.17) is 0 Å². The molecule has 1 heteroatoms. The van der Waals surface area contributed by atoms with Crippen LogP contribution in [0.5, 0.6) is 0 Å². The predicted octanol–water partition coefficient (Wildman–Crippen LogP) is 4.04. The summed E-state index contributed by atoms with van der Waals surface area (Å²) in [7, 11) is 2.06. The van der Waals surface area contributed by atoms with Gasteiger partial charge in [0, 0.05) is 12.0 Å². The van der Waals surface area contributed by atoms with Crippen molar-refractivity contribution < 1.29 is 0 Å². The third kappa shape index (κ3) is 1.88. The van der Waals surface area contributed by atoms with Gasteiger partial charge in [-0.15, -0.1) is 0 Å². The van der Waals surface area contributed by atoms with Crippen LogP contribution < -0.4 is 5.32 Å². The molecule has 0 aliphatic heterocycles. The topological polar surface area (TPSA) is 12.0 Å². The van der Waals surface area contributed by atoms with Gasteiger partial charge < -0.3 is 5.32 Å². The van der Waals surface area contributed by atoms with Crippen molar-refractivity contribution >= 4 is 10.8 Å². The molecule has 1 aliphatic carbocycles. The summed E-state index contributed by atoms with van der Waals surface area (Å²) in [4.78, 5) is 0. The van der Waals surface area contributed by atoms with Crippen LogP contribution in [0.15, 0.2) is 36.4 Å². The molecule has 1 atom stereocenters. The first-order valence-electron chi connectivity index (χ1n) is 7.14. The minimum absolute atomic E-state index is 0.320. The molecule has 1 saturated carbocycles. The van der Waals surface area contributed by atoms with E-state index in [0.717, 1.165) is 6.54 Å². The molecule has 1 N–H and O–H groups in total. The van der Waals surface area contributed by atoms with Gasteiger partial charge in [0.05, 0.1) is 0 Å². The molecule has 0 radical (unpaired) electrons. The highest BCUT2D eigenvalue weighted by atomic mass is 14.9. The predicted molar refractivity (Wildman–Crippen MR) is 82.7 cm³/mol. The molecule has 2 aromatic carbocycles. The Kier molecular flexibility index (Phi) is 2.72. The van der Waals surface area contributed by atoms with Crippen LogP contribution in [0.3, 0.4) is 0 Å². The van der Waals surface area contributed by atoms with Crippen LogP contribution >= 0.6 is 0 Å². The lowest BCUT2D eigenvalue weighted by Crippen LogP contribution is -2.28. The second kappa shape index (κ2) is 4.08. The highest BCUT2D eigenvalue weighted by molar-refractivity contribution is 5.84. The van der Waals surface area contributed by atoms with Gasteiger partial charge in [0.2, 0.25) is 0 Å². The van der Waals surface area contributed by atoms with Crippen LogP contribution in [0.2, 0.25) is 0 Å². The minimum Gasteiger partial charge on any atom is -0.319 e. The van der Waals surface area contributed by atoms with Gasteiger partial charge in [-0.1, -0.05) is 55.8 Å². The lowest BCUT2D eigenvalue weighted by molar-refractivity contribution is 0.477. The Hall–Kier alpha value is -1.34. The Labute approximate surface area is 116 Å². The lowest BCUT2D eigenvalue weighted by atomic mass is 9.86. The maximum atomic E-state index is 3.38. The molecule has 0 heterocycles. The van der Waals surface area contributed by atoms with E-state index in [-0.39, 0.29) is 0 Å². The molecule has 3 rings (SSSR count). The normalized spacial score (nSPS) is 24.6. The van der Waals surface area contributed by atoms with Crippen molar-refractivity contribution in [1.82, 2.24) is 5.32 Å². The van der Waals surface area contributed by atoms with E-state index in [1.54, 1.807) is 0 Å². The first-order chi connectivity index (χ1) is 8.98. The summed E-state index contributed by atoms with van der Waals surface area (Å²) < 4.78 is 0. The zero-order valence-corrected chi connectivity index (χ0v) is 12.4. The van der Waals surface area contributed by atoms with Gasteiger partial charge in [0.25, 0.3) is 0 Å². The van der Waals surface area contributed by atoms with Crippen LogP contribution in [0.4, 0.5) is 0 Å². The summed E-state index contributed by atoms with van der Waals surface area (Å²) in [6.07, 6.45) is 1.28. The van der Waals surface area contributed by atoms with E-state index < -0.39 is 0 Å². The van der Waals surface area contributed by atoms with Crippen LogP contribution in [0.1, 0.15) is 31.4 Å². The zero-order chi connectivity index (χ0) is 13.7. The Bertz CT molecular complexity index is 627. The minimum atomic E-state index is 0.320. The smallest absolute Gasteiger partial charge is 0.0135 e. The van der Waals surface area contributed by atoms with Crippen LogP contribution in [-0.4, -0.2) is 13.6 Å². The number of rotatable bonds is 3. The Morgan fingerprint density at radius 2 is 1.68 bits per heavy atom. The van der Waals surface area contributed by atoms with E-state index in [1.165, 1.54) is 28.3 Å². The molecule has 2 aromatic rings. The second-order valence-corrected chi connectivity index (χ2v) is 6.74. The molecule has 0 aromatic heterocycles. The van der Waals surface area contributed by atoms with Crippen molar-refractivity contribution in [2.75, 3.05) is 13.6 Å². The number of likely N-dealkylation sites (N-methyl/N-ethyl adjacent to an activating group) is 1. The van der Waals surface area contributed by atoms with E-state index in [2.05, 4.69) is 69.5 Å². The summed E-state index contributed by atoms with van der Waals surface area (Å²) in [5.74, 6) is 0. The highest BCUT2D eigenvalue weighted by Crippen LogP contribution is 2.64. The summed E-state index contributed by atoms with van der Waals surface area (Å²) in [6.45, 7) is 7.98. The first-order valence-corrected chi connectivity index (χ1v) is 7.14. The number of hydrogen-bond acceptors (Lipinski definition) is 1. The second-order valence-electron chi connectivity index (χ2n) is 6.74. The van der Waals surface area contributed by atoms with Crippen molar-refractivity contribution in [2.24, 2.45) is 5.41 Å². The van der Waals surface area contributed by atoms with E-state index >= 15 is 0 Å². The SMILES string of the molecule is CNCC1(c2ccc3cc(C)ccc3c2)CC1(C)C. The van der Waals surface area contributed by atoms with Gasteiger partial charge in [-0.2, -0.15) is 0 Å². The molecule has 1 nitrogen and oxygen atoms in total. The van der Waals surface area contributed by atoms with Crippen molar-refractivity contribution in [3.8, 4) is 0 Å². The maximum Gasteiger partial charge on any atom is 0.0135 e. The lowest BCUT2D eigenvalue weighted by Gasteiger charge is -2.21. The molecule has 19 heavy (non-hydrogen) atoms. The summed E-state index contributed by atoms with van der Waals surface area (Å²) >= 11 is 0. The quantitative estimate of drug-likeness (QED) is 0.870. The molecule has 1 unspecified atom stereocenters. The largest absolute Gasteiger partial charge is 0.319 e. The molecule has 0 bridgehead atoms. The first kappa shape index (κ1) is 12.7. The fourth-order valence-electron chi connectivity index (χ4n) is 3.57. The maximum absolute atomic E-state index is 3.38. The van der Waals surface area contributed by atoms with E-state index in [0.29, 0.717) is 10.8 Å². The molecular formula is C18H23N. The zero-order valence-electron chi connectivity index (χ0n) is 12.4. The third-order valence-electron chi connectivity index (χ3n) is 4.94. The van der Waals surface area contributed by atoms with Crippen LogP contribution in [0, 0.1) is 12.3 Å². The fraction of sp³-hybridized carbons (Fsp3) is 0.444. The number of nitrogens with one attached hydrogen (secondary N) is 1. The van der Waals surface area contributed by atoms with Crippen LogP contribution in [-0.2, 0) is 5.41 Å². The number of aryl methyl sites for hydroxylation is 1. The fourth-order valence-corrected chi connectivity index (χ4v) is 3.57. The van der Waals surface area contributed by atoms with Gasteiger partial charge >= 0.3 is 0 Å². The van der Waals surface area contributed by atoms with Gasteiger partial charge in [-0.3, -0.25) is 0 Å². The summed E-state index contributed by atoms with van der Waals surface area (Å²) in [6, 6.07) is 13.7. The average Bonchev–Trinajstić information content (AvgIpc) is 2.92. The molecule has 0 saturated heterocycles. The van der Waals surface area contributed by atoms with Crippen molar-refractivity contribution in [1.29, 1.82) is 0 Å². The Morgan fingerprint density at radius 1 is 1.05 bits per heavy atom. The summed E-state index contributed by atoms with van der Waals surface area (Å²) in [5, 5.41) is 6.09. The summed E-state index contributed by atoms with van der Waals surface area (Å²) in [5.41, 5.74) is 3.55.